The number of aromatic nitrogens is 1. The minimum Gasteiger partial charge on any atom is -0.348 e. The number of nitrogens with zero attached hydrogens (tertiary/aromatic N) is 1. The number of carbonyl (C=O) groups excluding carboxylic acids is 1. The highest BCUT2D eigenvalue weighted by Gasteiger charge is 2.10. The topological polar surface area (TPSA) is 42.0 Å². The molecule has 3 nitrogen and oxygen atoms in total. The Balaban J connectivity index is 2.06. The predicted octanol–water partition coefficient (Wildman–Crippen LogP) is 3.43. The van der Waals surface area contributed by atoms with Crippen LogP contribution >= 0.6 is 27.5 Å². The van der Waals surface area contributed by atoms with E-state index < -0.39 is 0 Å². The molecule has 1 heterocycles. The Kier molecular flexibility index (Phi) is 4.33. The number of amides is 1. The number of rotatable bonds is 3. The summed E-state index contributed by atoms with van der Waals surface area (Å²) < 4.78 is 0.820. The van der Waals surface area contributed by atoms with Crippen molar-refractivity contribution in [1.82, 2.24) is 10.3 Å². The molecule has 92 valence electrons. The van der Waals surface area contributed by atoms with Crippen molar-refractivity contribution >= 4 is 33.4 Å². The Labute approximate surface area is 118 Å². The summed E-state index contributed by atoms with van der Waals surface area (Å²) in [7, 11) is 0. The summed E-state index contributed by atoms with van der Waals surface area (Å²) in [6.45, 7) is 0.449. The third kappa shape index (κ3) is 3.31. The molecular weight excluding hydrogens is 316 g/mol. The molecular formula is C13H10BrClN2O. The van der Waals surface area contributed by atoms with Crippen LogP contribution in [-0.2, 0) is 6.54 Å². The van der Waals surface area contributed by atoms with Gasteiger partial charge in [-0.3, -0.25) is 9.78 Å². The zero-order chi connectivity index (χ0) is 13.0. The number of pyridine rings is 1. The molecule has 0 atom stereocenters. The van der Waals surface area contributed by atoms with E-state index in [0.29, 0.717) is 17.1 Å². The van der Waals surface area contributed by atoms with E-state index >= 15 is 0 Å². The van der Waals surface area contributed by atoms with Crippen molar-refractivity contribution in [2.24, 2.45) is 0 Å². The fraction of sp³-hybridized carbons (Fsp3) is 0.0769. The third-order valence-electron chi connectivity index (χ3n) is 2.38. The van der Waals surface area contributed by atoms with Crippen LogP contribution in [0.1, 0.15) is 15.9 Å². The lowest BCUT2D eigenvalue weighted by molar-refractivity contribution is 0.0951. The maximum absolute atomic E-state index is 12.0. The van der Waals surface area contributed by atoms with Crippen LogP contribution in [0.5, 0.6) is 0 Å². The Morgan fingerprint density at radius 2 is 2.00 bits per heavy atom. The van der Waals surface area contributed by atoms with Crippen LogP contribution in [0.2, 0.25) is 5.02 Å². The molecule has 0 fully saturated rings. The molecule has 1 N–H and O–H groups in total. The van der Waals surface area contributed by atoms with Gasteiger partial charge in [-0.25, -0.2) is 0 Å². The summed E-state index contributed by atoms with van der Waals surface area (Å²) in [4.78, 5) is 15.9. The molecule has 0 aliphatic rings. The number of benzene rings is 1. The SMILES string of the molecule is O=C(NCc1ccncc1)c1cc(Br)ccc1Cl. The molecule has 0 aliphatic heterocycles. The Morgan fingerprint density at radius 1 is 1.28 bits per heavy atom. The first-order chi connectivity index (χ1) is 8.66. The second kappa shape index (κ2) is 5.98. The summed E-state index contributed by atoms with van der Waals surface area (Å²) >= 11 is 9.29. The maximum Gasteiger partial charge on any atom is 0.253 e. The fourth-order valence-corrected chi connectivity index (χ4v) is 2.01. The second-order valence-electron chi connectivity index (χ2n) is 3.66. The minimum absolute atomic E-state index is 0.196. The van der Waals surface area contributed by atoms with Crippen molar-refractivity contribution in [3.63, 3.8) is 0 Å². The first-order valence-corrected chi connectivity index (χ1v) is 6.46. The number of halogens is 2. The van der Waals surface area contributed by atoms with E-state index in [1.165, 1.54) is 0 Å². The van der Waals surface area contributed by atoms with Crippen LogP contribution in [0, 0.1) is 0 Å². The molecule has 0 unspecified atom stereocenters. The lowest BCUT2D eigenvalue weighted by Crippen LogP contribution is -2.23. The van der Waals surface area contributed by atoms with Gasteiger partial charge in [0.2, 0.25) is 0 Å². The molecule has 0 saturated carbocycles. The number of carbonyl (C=O) groups is 1. The number of hydrogen-bond acceptors (Lipinski definition) is 2. The Morgan fingerprint density at radius 3 is 2.72 bits per heavy atom. The van der Waals surface area contributed by atoms with Crippen molar-refractivity contribution in [2.75, 3.05) is 0 Å². The first-order valence-electron chi connectivity index (χ1n) is 5.29. The largest absolute Gasteiger partial charge is 0.348 e. The van der Waals surface area contributed by atoms with E-state index in [1.807, 2.05) is 12.1 Å². The predicted molar refractivity (Wildman–Crippen MR) is 74.6 cm³/mol. The van der Waals surface area contributed by atoms with Crippen LogP contribution in [0.25, 0.3) is 0 Å². The van der Waals surface area contributed by atoms with Crippen LogP contribution < -0.4 is 5.32 Å². The fourth-order valence-electron chi connectivity index (χ4n) is 1.45. The van der Waals surface area contributed by atoms with Crippen LogP contribution in [0.3, 0.4) is 0 Å². The van der Waals surface area contributed by atoms with E-state index in [9.17, 15) is 4.79 Å². The van der Waals surface area contributed by atoms with Gasteiger partial charge in [0.1, 0.15) is 0 Å². The highest BCUT2D eigenvalue weighted by atomic mass is 79.9. The van der Waals surface area contributed by atoms with Gasteiger partial charge in [0.15, 0.2) is 0 Å². The monoisotopic (exact) mass is 324 g/mol. The van der Waals surface area contributed by atoms with Crippen molar-refractivity contribution in [1.29, 1.82) is 0 Å². The number of hydrogen-bond donors (Lipinski definition) is 1. The minimum atomic E-state index is -0.196. The molecule has 1 aromatic heterocycles. The highest BCUT2D eigenvalue weighted by molar-refractivity contribution is 9.10. The quantitative estimate of drug-likeness (QED) is 0.939. The molecule has 0 radical (unpaired) electrons. The molecule has 1 amide bonds. The molecule has 5 heteroatoms. The standard InChI is InChI=1S/C13H10BrClN2O/c14-10-1-2-12(15)11(7-10)13(18)17-8-9-3-5-16-6-4-9/h1-7H,8H2,(H,17,18). The van der Waals surface area contributed by atoms with Crippen LogP contribution in [0.15, 0.2) is 47.2 Å². The van der Waals surface area contributed by atoms with E-state index in [1.54, 1.807) is 30.6 Å². The van der Waals surface area contributed by atoms with E-state index in [-0.39, 0.29) is 5.91 Å². The zero-order valence-electron chi connectivity index (χ0n) is 9.36. The van der Waals surface area contributed by atoms with Gasteiger partial charge in [0, 0.05) is 23.4 Å². The van der Waals surface area contributed by atoms with Gasteiger partial charge in [-0.2, -0.15) is 0 Å². The molecule has 0 bridgehead atoms. The molecule has 18 heavy (non-hydrogen) atoms. The molecule has 0 saturated heterocycles. The van der Waals surface area contributed by atoms with Crippen molar-refractivity contribution < 1.29 is 4.79 Å². The second-order valence-corrected chi connectivity index (χ2v) is 4.99. The molecule has 2 aromatic rings. The van der Waals surface area contributed by atoms with Crippen molar-refractivity contribution in [2.45, 2.75) is 6.54 Å². The first kappa shape index (κ1) is 13.1. The average Bonchev–Trinajstić information content (AvgIpc) is 2.40. The Hall–Kier alpha value is -1.39. The normalized spacial score (nSPS) is 10.1. The third-order valence-corrected chi connectivity index (χ3v) is 3.20. The zero-order valence-corrected chi connectivity index (χ0v) is 11.7. The molecule has 0 spiro atoms. The summed E-state index contributed by atoms with van der Waals surface area (Å²) in [6, 6.07) is 8.88. The lowest BCUT2D eigenvalue weighted by Gasteiger charge is -2.07. The Bertz CT molecular complexity index is 560. The van der Waals surface area contributed by atoms with E-state index in [2.05, 4.69) is 26.2 Å². The van der Waals surface area contributed by atoms with Gasteiger partial charge >= 0.3 is 0 Å². The lowest BCUT2D eigenvalue weighted by atomic mass is 10.2. The maximum atomic E-state index is 12.0. The summed E-state index contributed by atoms with van der Waals surface area (Å²) in [6.07, 6.45) is 3.38. The summed E-state index contributed by atoms with van der Waals surface area (Å²) in [5, 5.41) is 3.25. The highest BCUT2D eigenvalue weighted by Crippen LogP contribution is 2.20. The molecule has 1 aromatic carbocycles. The van der Waals surface area contributed by atoms with Gasteiger partial charge < -0.3 is 5.32 Å². The van der Waals surface area contributed by atoms with E-state index in [0.717, 1.165) is 10.0 Å². The van der Waals surface area contributed by atoms with Crippen LogP contribution in [-0.4, -0.2) is 10.9 Å². The molecule has 0 aliphatic carbocycles. The van der Waals surface area contributed by atoms with E-state index in [4.69, 9.17) is 11.6 Å². The van der Waals surface area contributed by atoms with Crippen molar-refractivity contribution in [3.8, 4) is 0 Å². The number of nitrogens with one attached hydrogen (secondary N) is 1. The van der Waals surface area contributed by atoms with Gasteiger partial charge in [-0.1, -0.05) is 27.5 Å². The molecule has 2 rings (SSSR count). The van der Waals surface area contributed by atoms with Crippen molar-refractivity contribution in [3.05, 3.63) is 63.3 Å². The smallest absolute Gasteiger partial charge is 0.253 e. The van der Waals surface area contributed by atoms with Gasteiger partial charge in [-0.15, -0.1) is 0 Å². The average molecular weight is 326 g/mol. The summed E-state index contributed by atoms with van der Waals surface area (Å²) in [5.41, 5.74) is 1.45. The summed E-state index contributed by atoms with van der Waals surface area (Å²) in [5.74, 6) is -0.196. The van der Waals surface area contributed by atoms with Crippen LogP contribution in [0.4, 0.5) is 0 Å². The van der Waals surface area contributed by atoms with Gasteiger partial charge in [0.05, 0.1) is 10.6 Å². The van der Waals surface area contributed by atoms with Gasteiger partial charge in [-0.05, 0) is 35.9 Å². The van der Waals surface area contributed by atoms with Gasteiger partial charge in [0.25, 0.3) is 5.91 Å².